The van der Waals surface area contributed by atoms with E-state index < -0.39 is 0 Å². The number of benzene rings is 2. The number of anilines is 2. The first-order chi connectivity index (χ1) is 10.5. The Balaban J connectivity index is 2.04. The number of carbonyl (C=O) groups excluding carboxylic acids is 2. The second kappa shape index (κ2) is 6.89. The van der Waals surface area contributed by atoms with Crippen LogP contribution < -0.4 is 10.6 Å². The van der Waals surface area contributed by atoms with Crippen molar-refractivity contribution in [2.24, 2.45) is 5.92 Å². The van der Waals surface area contributed by atoms with Crippen molar-refractivity contribution in [2.45, 2.75) is 20.8 Å². The second-order valence-electron chi connectivity index (χ2n) is 5.49. The molecule has 0 saturated carbocycles. The van der Waals surface area contributed by atoms with E-state index in [-0.39, 0.29) is 17.7 Å². The lowest BCUT2D eigenvalue weighted by Gasteiger charge is -2.10. The van der Waals surface area contributed by atoms with Crippen LogP contribution in [0.5, 0.6) is 0 Å². The van der Waals surface area contributed by atoms with Crippen LogP contribution in [0.1, 0.15) is 29.8 Å². The molecule has 0 aliphatic heterocycles. The Morgan fingerprint density at radius 3 is 1.95 bits per heavy atom. The van der Waals surface area contributed by atoms with Crippen LogP contribution in [0.4, 0.5) is 11.4 Å². The maximum Gasteiger partial charge on any atom is 0.255 e. The molecule has 114 valence electrons. The summed E-state index contributed by atoms with van der Waals surface area (Å²) in [6.07, 6.45) is 0. The molecule has 2 rings (SSSR count). The minimum atomic E-state index is -0.142. The fourth-order valence-electron chi connectivity index (χ4n) is 1.95. The maximum atomic E-state index is 12.2. The van der Waals surface area contributed by atoms with E-state index in [4.69, 9.17) is 0 Å². The lowest BCUT2D eigenvalue weighted by molar-refractivity contribution is -0.118. The number of aryl methyl sites for hydroxylation is 1. The summed E-state index contributed by atoms with van der Waals surface area (Å²) in [7, 11) is 0. The van der Waals surface area contributed by atoms with Crippen molar-refractivity contribution in [3.8, 4) is 0 Å². The molecule has 2 aromatic rings. The minimum absolute atomic E-state index is 0.0308. The zero-order valence-corrected chi connectivity index (χ0v) is 13.0. The minimum Gasteiger partial charge on any atom is -0.326 e. The van der Waals surface area contributed by atoms with Gasteiger partial charge in [0.15, 0.2) is 0 Å². The van der Waals surface area contributed by atoms with Gasteiger partial charge in [-0.3, -0.25) is 9.59 Å². The van der Waals surface area contributed by atoms with Crippen LogP contribution in [0.15, 0.2) is 48.5 Å². The summed E-state index contributed by atoms with van der Waals surface area (Å²) in [4.78, 5) is 23.8. The van der Waals surface area contributed by atoms with Gasteiger partial charge in [-0.05, 0) is 42.8 Å². The van der Waals surface area contributed by atoms with E-state index in [0.717, 1.165) is 5.56 Å². The molecule has 4 heteroatoms. The first-order valence-corrected chi connectivity index (χ1v) is 7.25. The van der Waals surface area contributed by atoms with Crippen molar-refractivity contribution in [3.05, 3.63) is 59.7 Å². The van der Waals surface area contributed by atoms with Crippen molar-refractivity contribution >= 4 is 23.2 Å². The molecule has 22 heavy (non-hydrogen) atoms. The maximum absolute atomic E-state index is 12.2. The van der Waals surface area contributed by atoms with Gasteiger partial charge in [0.25, 0.3) is 5.91 Å². The monoisotopic (exact) mass is 296 g/mol. The molecule has 2 N–H and O–H groups in total. The highest BCUT2D eigenvalue weighted by molar-refractivity contribution is 6.05. The highest BCUT2D eigenvalue weighted by Gasteiger charge is 2.09. The summed E-state index contributed by atoms with van der Waals surface area (Å²) in [5.74, 6) is -0.241. The molecule has 0 radical (unpaired) electrons. The molecular weight excluding hydrogens is 276 g/mol. The molecule has 0 atom stereocenters. The topological polar surface area (TPSA) is 58.2 Å². The zero-order valence-electron chi connectivity index (χ0n) is 13.0. The quantitative estimate of drug-likeness (QED) is 0.900. The molecule has 4 nitrogen and oxygen atoms in total. The fraction of sp³-hybridized carbons (Fsp3) is 0.222. The predicted octanol–water partition coefficient (Wildman–Crippen LogP) is 3.84. The van der Waals surface area contributed by atoms with Gasteiger partial charge in [0.1, 0.15) is 0 Å². The smallest absolute Gasteiger partial charge is 0.255 e. The summed E-state index contributed by atoms with van der Waals surface area (Å²) >= 11 is 0. The fourth-order valence-corrected chi connectivity index (χ4v) is 1.95. The van der Waals surface area contributed by atoms with Crippen LogP contribution >= 0.6 is 0 Å². The van der Waals surface area contributed by atoms with Gasteiger partial charge in [-0.25, -0.2) is 0 Å². The van der Waals surface area contributed by atoms with Crippen molar-refractivity contribution in [2.75, 3.05) is 10.6 Å². The van der Waals surface area contributed by atoms with Gasteiger partial charge < -0.3 is 10.6 Å². The Kier molecular flexibility index (Phi) is 4.94. The van der Waals surface area contributed by atoms with E-state index in [1.807, 2.05) is 39.0 Å². The van der Waals surface area contributed by atoms with Crippen molar-refractivity contribution in [1.82, 2.24) is 0 Å². The van der Waals surface area contributed by atoms with Gasteiger partial charge in [-0.15, -0.1) is 0 Å². The van der Waals surface area contributed by atoms with Gasteiger partial charge >= 0.3 is 0 Å². The lowest BCUT2D eigenvalue weighted by atomic mass is 10.1. The summed E-state index contributed by atoms with van der Waals surface area (Å²) in [6.45, 7) is 5.58. The Bertz CT molecular complexity index is 676. The molecular formula is C18H20N2O2. The number of hydrogen-bond donors (Lipinski definition) is 2. The Labute approximate surface area is 130 Å². The van der Waals surface area contributed by atoms with Crippen molar-refractivity contribution in [1.29, 1.82) is 0 Å². The van der Waals surface area contributed by atoms with E-state index in [2.05, 4.69) is 10.6 Å². The third-order valence-corrected chi connectivity index (χ3v) is 3.32. The highest BCUT2D eigenvalue weighted by atomic mass is 16.2. The largest absolute Gasteiger partial charge is 0.326 e. The van der Waals surface area contributed by atoms with Crippen LogP contribution in [-0.4, -0.2) is 11.8 Å². The standard InChI is InChI=1S/C18H20N2O2/c1-12(2)17(21)19-14-8-10-15(11-9-14)20-18(22)16-7-5-4-6-13(16)3/h4-12H,1-3H3,(H,19,21)(H,20,22). The number of carbonyl (C=O) groups is 2. The van der Waals surface area contributed by atoms with E-state index >= 15 is 0 Å². The van der Waals surface area contributed by atoms with E-state index in [0.29, 0.717) is 16.9 Å². The number of rotatable bonds is 4. The molecule has 2 aromatic carbocycles. The van der Waals surface area contributed by atoms with Crippen LogP contribution in [0, 0.1) is 12.8 Å². The molecule has 0 aliphatic carbocycles. The SMILES string of the molecule is Cc1ccccc1C(=O)Nc1ccc(NC(=O)C(C)C)cc1. The molecule has 0 spiro atoms. The predicted molar refractivity (Wildman–Crippen MR) is 89.0 cm³/mol. The third-order valence-electron chi connectivity index (χ3n) is 3.32. The van der Waals surface area contributed by atoms with Crippen LogP contribution in [0.25, 0.3) is 0 Å². The molecule has 0 aromatic heterocycles. The Morgan fingerprint density at radius 1 is 0.864 bits per heavy atom. The van der Waals surface area contributed by atoms with Gasteiger partial charge in [0.2, 0.25) is 5.91 Å². The highest BCUT2D eigenvalue weighted by Crippen LogP contribution is 2.16. The number of amides is 2. The third kappa shape index (κ3) is 3.95. The molecule has 0 fully saturated rings. The van der Waals surface area contributed by atoms with Gasteiger partial charge in [-0.2, -0.15) is 0 Å². The summed E-state index contributed by atoms with van der Waals surface area (Å²) in [5.41, 5.74) is 2.99. The van der Waals surface area contributed by atoms with Crippen LogP contribution in [0.2, 0.25) is 0 Å². The normalized spacial score (nSPS) is 10.4. The van der Waals surface area contributed by atoms with Gasteiger partial charge in [0.05, 0.1) is 0 Å². The lowest BCUT2D eigenvalue weighted by Crippen LogP contribution is -2.17. The zero-order chi connectivity index (χ0) is 16.1. The molecule has 0 saturated heterocycles. The van der Waals surface area contributed by atoms with Crippen LogP contribution in [0.3, 0.4) is 0 Å². The molecule has 0 aliphatic rings. The average Bonchev–Trinajstić information content (AvgIpc) is 2.49. The Morgan fingerprint density at radius 2 is 1.41 bits per heavy atom. The first kappa shape index (κ1) is 15.8. The van der Waals surface area contributed by atoms with Crippen LogP contribution in [-0.2, 0) is 4.79 Å². The molecule has 2 amide bonds. The van der Waals surface area contributed by atoms with Crippen molar-refractivity contribution in [3.63, 3.8) is 0 Å². The summed E-state index contributed by atoms with van der Waals surface area (Å²) < 4.78 is 0. The van der Waals surface area contributed by atoms with Gasteiger partial charge in [-0.1, -0.05) is 32.0 Å². The van der Waals surface area contributed by atoms with E-state index in [1.54, 1.807) is 30.3 Å². The molecule has 0 unspecified atom stereocenters. The number of nitrogens with one attached hydrogen (secondary N) is 2. The summed E-state index contributed by atoms with van der Waals surface area (Å²) in [6, 6.07) is 14.5. The summed E-state index contributed by atoms with van der Waals surface area (Å²) in [5, 5.41) is 5.66. The number of hydrogen-bond acceptors (Lipinski definition) is 2. The first-order valence-electron chi connectivity index (χ1n) is 7.25. The van der Waals surface area contributed by atoms with Gasteiger partial charge in [0, 0.05) is 22.9 Å². The molecule has 0 bridgehead atoms. The Hall–Kier alpha value is -2.62. The molecule has 0 heterocycles. The van der Waals surface area contributed by atoms with E-state index in [1.165, 1.54) is 0 Å². The second-order valence-corrected chi connectivity index (χ2v) is 5.49. The van der Waals surface area contributed by atoms with Crippen molar-refractivity contribution < 1.29 is 9.59 Å². The average molecular weight is 296 g/mol. The van der Waals surface area contributed by atoms with E-state index in [9.17, 15) is 9.59 Å².